The van der Waals surface area contributed by atoms with Crippen molar-refractivity contribution in [3.63, 3.8) is 0 Å². The maximum atomic E-state index is 13.3. The second-order valence-corrected chi connectivity index (χ2v) is 10.9. The van der Waals surface area contributed by atoms with Crippen LogP contribution in [0, 0.1) is 6.92 Å². The van der Waals surface area contributed by atoms with E-state index < -0.39 is 17.9 Å². The SMILES string of the molecule is CSCCC(NC(=O)c1ccc(COC(C)c2ccc(-c3ccc(Cl)cc3)o2)cc1-c1ccccc1C)C(=O)O. The minimum Gasteiger partial charge on any atom is -0.480 e. The molecule has 0 aliphatic rings. The lowest BCUT2D eigenvalue weighted by molar-refractivity contribution is -0.139. The van der Waals surface area contributed by atoms with Crippen molar-refractivity contribution in [2.75, 3.05) is 12.0 Å². The van der Waals surface area contributed by atoms with Crippen molar-refractivity contribution >= 4 is 35.2 Å². The van der Waals surface area contributed by atoms with Gasteiger partial charge in [0.05, 0.1) is 6.61 Å². The number of rotatable bonds is 12. The van der Waals surface area contributed by atoms with Gasteiger partial charge in [-0.25, -0.2) is 4.79 Å². The summed E-state index contributed by atoms with van der Waals surface area (Å²) < 4.78 is 12.2. The van der Waals surface area contributed by atoms with Gasteiger partial charge in [-0.05, 0) is 103 Å². The first-order valence-corrected chi connectivity index (χ1v) is 14.7. The van der Waals surface area contributed by atoms with E-state index in [0.717, 1.165) is 33.6 Å². The molecule has 2 N–H and O–H groups in total. The number of hydrogen-bond donors (Lipinski definition) is 2. The van der Waals surface area contributed by atoms with E-state index in [0.29, 0.717) is 35.1 Å². The third-order valence-corrected chi connectivity index (χ3v) is 7.53. The normalized spacial score (nSPS) is 12.6. The molecule has 1 heterocycles. The predicted octanol–water partition coefficient (Wildman–Crippen LogP) is 7.79. The smallest absolute Gasteiger partial charge is 0.326 e. The third kappa shape index (κ3) is 7.36. The van der Waals surface area contributed by atoms with Gasteiger partial charge in [-0.15, -0.1) is 0 Å². The molecule has 0 fully saturated rings. The Kier molecular flexibility index (Phi) is 10.1. The molecule has 0 saturated heterocycles. The summed E-state index contributed by atoms with van der Waals surface area (Å²) in [6.45, 7) is 4.20. The van der Waals surface area contributed by atoms with Crippen LogP contribution in [0.5, 0.6) is 0 Å². The Morgan fingerprint density at radius 2 is 1.77 bits per heavy atom. The highest BCUT2D eigenvalue weighted by Gasteiger charge is 2.23. The van der Waals surface area contributed by atoms with Gasteiger partial charge in [0, 0.05) is 16.1 Å². The molecule has 0 spiro atoms. The molecule has 8 heteroatoms. The van der Waals surface area contributed by atoms with E-state index in [2.05, 4.69) is 5.32 Å². The van der Waals surface area contributed by atoms with Crippen LogP contribution >= 0.6 is 23.4 Å². The number of benzene rings is 3. The van der Waals surface area contributed by atoms with Gasteiger partial charge in [0.25, 0.3) is 5.91 Å². The number of aryl methyl sites for hydroxylation is 1. The average molecular weight is 578 g/mol. The Labute approximate surface area is 243 Å². The lowest BCUT2D eigenvalue weighted by Crippen LogP contribution is -2.41. The summed E-state index contributed by atoms with van der Waals surface area (Å²) in [5, 5.41) is 13.0. The van der Waals surface area contributed by atoms with Crippen molar-refractivity contribution in [3.05, 3.63) is 106 Å². The van der Waals surface area contributed by atoms with Crippen LogP contribution in [0.2, 0.25) is 5.02 Å². The van der Waals surface area contributed by atoms with E-state index in [1.807, 2.05) is 92.9 Å². The molecule has 4 rings (SSSR count). The zero-order valence-electron chi connectivity index (χ0n) is 22.6. The van der Waals surface area contributed by atoms with Gasteiger partial charge in [-0.2, -0.15) is 11.8 Å². The molecule has 0 saturated carbocycles. The van der Waals surface area contributed by atoms with Gasteiger partial charge in [0.1, 0.15) is 23.7 Å². The summed E-state index contributed by atoms with van der Waals surface area (Å²) in [5.74, 6) is 0.600. The second-order valence-electron chi connectivity index (χ2n) is 9.50. The Bertz CT molecular complexity index is 1470. The predicted molar refractivity (Wildman–Crippen MR) is 161 cm³/mol. The Morgan fingerprint density at radius 3 is 2.48 bits per heavy atom. The molecule has 6 nitrogen and oxygen atoms in total. The number of carboxylic acids is 1. The van der Waals surface area contributed by atoms with Gasteiger partial charge >= 0.3 is 5.97 Å². The molecule has 2 atom stereocenters. The molecular weight excluding hydrogens is 546 g/mol. The van der Waals surface area contributed by atoms with Gasteiger partial charge in [0.2, 0.25) is 0 Å². The Hall–Kier alpha value is -3.52. The highest BCUT2D eigenvalue weighted by Crippen LogP contribution is 2.31. The van der Waals surface area contributed by atoms with E-state index in [4.69, 9.17) is 20.8 Å². The molecular formula is C32H32ClNO5S. The van der Waals surface area contributed by atoms with E-state index in [-0.39, 0.29) is 6.10 Å². The number of carbonyl (C=O) groups excluding carboxylic acids is 1. The van der Waals surface area contributed by atoms with Crippen molar-refractivity contribution < 1.29 is 23.8 Å². The third-order valence-electron chi connectivity index (χ3n) is 6.63. The van der Waals surface area contributed by atoms with Gasteiger partial charge < -0.3 is 19.6 Å². The zero-order valence-corrected chi connectivity index (χ0v) is 24.2. The molecule has 0 radical (unpaired) electrons. The minimum absolute atomic E-state index is 0.296. The quantitative estimate of drug-likeness (QED) is 0.179. The average Bonchev–Trinajstić information content (AvgIpc) is 3.45. The van der Waals surface area contributed by atoms with Crippen molar-refractivity contribution in [1.29, 1.82) is 0 Å². The molecule has 3 aromatic carbocycles. The van der Waals surface area contributed by atoms with Crippen LogP contribution in [-0.4, -0.2) is 35.0 Å². The van der Waals surface area contributed by atoms with Crippen molar-refractivity contribution in [1.82, 2.24) is 5.32 Å². The van der Waals surface area contributed by atoms with E-state index in [1.54, 1.807) is 17.8 Å². The molecule has 0 aliphatic carbocycles. The van der Waals surface area contributed by atoms with Gasteiger partial charge in [-0.3, -0.25) is 4.79 Å². The fraction of sp³-hybridized carbons (Fsp3) is 0.250. The van der Waals surface area contributed by atoms with Crippen LogP contribution in [0.15, 0.2) is 83.3 Å². The van der Waals surface area contributed by atoms with E-state index in [1.165, 1.54) is 0 Å². The maximum absolute atomic E-state index is 13.3. The number of aliphatic carboxylic acids is 1. The number of ether oxygens (including phenoxy) is 1. The van der Waals surface area contributed by atoms with Crippen molar-refractivity contribution in [3.8, 4) is 22.5 Å². The molecule has 0 aliphatic heterocycles. The maximum Gasteiger partial charge on any atom is 0.326 e. The number of amides is 1. The minimum atomic E-state index is -1.05. The number of carboxylic acid groups (broad SMARTS) is 1. The molecule has 1 aromatic heterocycles. The van der Waals surface area contributed by atoms with Crippen LogP contribution in [-0.2, 0) is 16.1 Å². The number of carbonyl (C=O) groups is 2. The number of hydrogen-bond acceptors (Lipinski definition) is 5. The van der Waals surface area contributed by atoms with Crippen LogP contribution in [0.3, 0.4) is 0 Å². The van der Waals surface area contributed by atoms with E-state index in [9.17, 15) is 14.7 Å². The highest BCUT2D eigenvalue weighted by atomic mass is 35.5. The number of furan rings is 1. The summed E-state index contributed by atoms with van der Waals surface area (Å²) in [5.41, 5.74) is 4.85. The van der Waals surface area contributed by atoms with Crippen molar-refractivity contribution in [2.45, 2.75) is 39.0 Å². The lowest BCUT2D eigenvalue weighted by Gasteiger charge is -2.18. The molecule has 208 valence electrons. The Morgan fingerprint density at radius 1 is 1.02 bits per heavy atom. The fourth-order valence-electron chi connectivity index (χ4n) is 4.35. The standard InChI is InChI=1S/C32H32ClNO5S/c1-20-6-4-5-7-25(20)27-18-22(8-13-26(27)31(35)34-28(32(36)37)16-17-40-3)19-38-21(2)29-14-15-30(39-29)23-9-11-24(33)12-10-23/h4-15,18,21,28H,16-17,19H2,1-3H3,(H,34,35)(H,36,37). The van der Waals surface area contributed by atoms with Crippen LogP contribution in [0.4, 0.5) is 0 Å². The fourth-order valence-corrected chi connectivity index (χ4v) is 4.95. The van der Waals surface area contributed by atoms with Crippen LogP contribution in [0.1, 0.15) is 46.7 Å². The van der Waals surface area contributed by atoms with Gasteiger partial charge in [-0.1, -0.05) is 41.9 Å². The van der Waals surface area contributed by atoms with Crippen molar-refractivity contribution in [2.24, 2.45) is 0 Å². The number of halogens is 1. The summed E-state index contributed by atoms with van der Waals surface area (Å²) in [4.78, 5) is 25.0. The van der Waals surface area contributed by atoms with Crippen LogP contribution in [0.25, 0.3) is 22.5 Å². The first kappa shape index (κ1) is 29.5. The van der Waals surface area contributed by atoms with E-state index >= 15 is 0 Å². The van der Waals surface area contributed by atoms with Gasteiger partial charge in [0.15, 0.2) is 0 Å². The first-order chi connectivity index (χ1) is 19.3. The summed E-state index contributed by atoms with van der Waals surface area (Å²) in [6.07, 6.45) is 1.94. The second kappa shape index (κ2) is 13.7. The monoisotopic (exact) mass is 577 g/mol. The summed E-state index contributed by atoms with van der Waals surface area (Å²) in [7, 11) is 0. The molecule has 0 bridgehead atoms. The first-order valence-electron chi connectivity index (χ1n) is 13.0. The largest absolute Gasteiger partial charge is 0.480 e. The summed E-state index contributed by atoms with van der Waals surface area (Å²) in [6, 6.07) is 23.6. The molecule has 1 amide bonds. The molecule has 4 aromatic rings. The topological polar surface area (TPSA) is 88.8 Å². The highest BCUT2D eigenvalue weighted by molar-refractivity contribution is 7.98. The lowest BCUT2D eigenvalue weighted by atomic mass is 9.93. The molecule has 2 unspecified atom stereocenters. The molecule has 40 heavy (non-hydrogen) atoms. The Balaban J connectivity index is 1.54. The number of nitrogens with one attached hydrogen (secondary N) is 1. The van der Waals surface area contributed by atoms with Crippen LogP contribution < -0.4 is 5.32 Å². The zero-order chi connectivity index (χ0) is 28.6. The summed E-state index contributed by atoms with van der Waals surface area (Å²) >= 11 is 7.54. The number of thioether (sulfide) groups is 1.